The molecule has 1 fully saturated rings. The highest BCUT2D eigenvalue weighted by atomic mass is 32.2. The van der Waals surface area contributed by atoms with Gasteiger partial charge in [-0.3, -0.25) is 14.5 Å². The Labute approximate surface area is 208 Å². The minimum Gasteiger partial charge on any atom is -0.493 e. The van der Waals surface area contributed by atoms with E-state index in [0.717, 1.165) is 11.3 Å². The number of hydrogen-bond acceptors (Lipinski definition) is 7. The smallest absolute Gasteiger partial charge is 0.243 e. The average molecular weight is 494 g/mol. The first-order chi connectivity index (χ1) is 16.9. The van der Waals surface area contributed by atoms with Crippen LogP contribution in [0.4, 0.5) is 11.4 Å². The van der Waals surface area contributed by atoms with Gasteiger partial charge in [-0.15, -0.1) is 0 Å². The summed E-state index contributed by atoms with van der Waals surface area (Å²) in [5.41, 5.74) is 3.59. The van der Waals surface area contributed by atoms with Crippen molar-refractivity contribution in [2.45, 2.75) is 32.1 Å². The lowest BCUT2D eigenvalue weighted by molar-refractivity contribution is -0.128. The molecule has 3 aromatic rings. The molecule has 2 amide bonds. The summed E-state index contributed by atoms with van der Waals surface area (Å²) < 4.78 is 16.0. The summed E-state index contributed by atoms with van der Waals surface area (Å²) >= 11 is 1.29. The zero-order valence-corrected chi connectivity index (χ0v) is 20.8. The number of furan rings is 1. The Bertz CT molecular complexity index is 1260. The van der Waals surface area contributed by atoms with E-state index in [-0.39, 0.29) is 24.8 Å². The predicted molar refractivity (Wildman–Crippen MR) is 136 cm³/mol. The number of rotatable bonds is 8. The number of aryl methyl sites for hydroxylation is 2. The number of carbonyl (C=O) groups excluding carboxylic acids is 2. The number of anilines is 1. The number of thioether (sulfide) groups is 1. The number of methoxy groups -OCH3 is 2. The molecule has 0 aliphatic carbocycles. The SMILES string of the molecule is COc1ccc(NC(=O)CC2SC(=Nc3ccc(C)c(C)c3)N(Cc3ccco3)C2=O)cc1OC. The van der Waals surface area contributed by atoms with E-state index in [1.54, 1.807) is 42.5 Å². The van der Waals surface area contributed by atoms with E-state index in [1.165, 1.54) is 24.4 Å². The van der Waals surface area contributed by atoms with Crippen LogP contribution in [-0.2, 0) is 16.1 Å². The quantitative estimate of drug-likeness (QED) is 0.471. The molecule has 2 aromatic carbocycles. The molecular weight excluding hydrogens is 466 g/mol. The van der Waals surface area contributed by atoms with Crippen LogP contribution >= 0.6 is 11.8 Å². The fraction of sp³-hybridized carbons (Fsp3) is 0.269. The summed E-state index contributed by atoms with van der Waals surface area (Å²) in [6.45, 7) is 4.31. The largest absolute Gasteiger partial charge is 0.493 e. The standard InChI is InChI=1S/C26H27N3O5S/c1-16-7-8-18(12-17(16)2)28-26-29(15-20-6-5-11-34-20)25(31)23(35-26)14-24(30)27-19-9-10-21(32-3)22(13-19)33-4/h5-13,23H,14-15H2,1-4H3,(H,27,30). The van der Waals surface area contributed by atoms with Gasteiger partial charge >= 0.3 is 0 Å². The Morgan fingerprint density at radius 1 is 1.09 bits per heavy atom. The van der Waals surface area contributed by atoms with Gasteiger partial charge in [-0.05, 0) is 61.4 Å². The van der Waals surface area contributed by atoms with E-state index in [1.807, 2.05) is 38.1 Å². The van der Waals surface area contributed by atoms with Crippen molar-refractivity contribution in [1.29, 1.82) is 0 Å². The van der Waals surface area contributed by atoms with Crippen LogP contribution in [0.2, 0.25) is 0 Å². The molecule has 0 saturated carbocycles. The molecule has 0 spiro atoms. The maximum absolute atomic E-state index is 13.3. The van der Waals surface area contributed by atoms with Gasteiger partial charge in [0.05, 0.1) is 32.7 Å². The van der Waals surface area contributed by atoms with Gasteiger partial charge in [0.25, 0.3) is 0 Å². The van der Waals surface area contributed by atoms with Crippen LogP contribution in [0, 0.1) is 13.8 Å². The zero-order chi connectivity index (χ0) is 24.9. The normalized spacial score (nSPS) is 16.6. The lowest BCUT2D eigenvalue weighted by atomic mass is 10.1. The van der Waals surface area contributed by atoms with E-state index >= 15 is 0 Å². The zero-order valence-electron chi connectivity index (χ0n) is 20.0. The Morgan fingerprint density at radius 2 is 1.89 bits per heavy atom. The molecule has 1 N–H and O–H groups in total. The fourth-order valence-electron chi connectivity index (χ4n) is 3.63. The molecule has 1 aliphatic heterocycles. The molecule has 1 saturated heterocycles. The first-order valence-corrected chi connectivity index (χ1v) is 11.9. The number of hydrogen-bond donors (Lipinski definition) is 1. The molecule has 0 radical (unpaired) electrons. The van der Waals surface area contributed by atoms with Gasteiger partial charge in [0.1, 0.15) is 11.0 Å². The molecule has 4 rings (SSSR count). The third-order valence-electron chi connectivity index (χ3n) is 5.67. The molecular formula is C26H27N3O5S. The van der Waals surface area contributed by atoms with E-state index in [9.17, 15) is 9.59 Å². The lowest BCUT2D eigenvalue weighted by Gasteiger charge is -2.15. The maximum atomic E-state index is 13.3. The van der Waals surface area contributed by atoms with Gasteiger partial charge in [-0.1, -0.05) is 17.8 Å². The fourth-order valence-corrected chi connectivity index (χ4v) is 4.79. The second-order valence-electron chi connectivity index (χ2n) is 8.10. The first-order valence-electron chi connectivity index (χ1n) is 11.1. The van der Waals surface area contributed by atoms with E-state index < -0.39 is 5.25 Å². The highest BCUT2D eigenvalue weighted by Crippen LogP contribution is 2.34. The van der Waals surface area contributed by atoms with Crippen molar-refractivity contribution in [1.82, 2.24) is 4.90 Å². The maximum Gasteiger partial charge on any atom is 0.243 e. The third kappa shape index (κ3) is 5.68. The van der Waals surface area contributed by atoms with Crippen LogP contribution in [0.5, 0.6) is 11.5 Å². The molecule has 8 nitrogen and oxygen atoms in total. The van der Waals surface area contributed by atoms with Crippen molar-refractivity contribution >= 4 is 40.1 Å². The minimum absolute atomic E-state index is 0.00154. The van der Waals surface area contributed by atoms with Crippen LogP contribution in [0.3, 0.4) is 0 Å². The summed E-state index contributed by atoms with van der Waals surface area (Å²) in [5, 5.41) is 2.78. The summed E-state index contributed by atoms with van der Waals surface area (Å²) in [7, 11) is 3.08. The first kappa shape index (κ1) is 24.4. The Kier molecular flexibility index (Phi) is 7.45. The molecule has 1 unspecified atom stereocenters. The topological polar surface area (TPSA) is 93.4 Å². The van der Waals surface area contributed by atoms with Crippen LogP contribution in [0.15, 0.2) is 64.2 Å². The summed E-state index contributed by atoms with van der Waals surface area (Å²) in [4.78, 5) is 32.4. The van der Waals surface area contributed by atoms with Gasteiger partial charge in [0, 0.05) is 18.2 Å². The monoisotopic (exact) mass is 493 g/mol. The Hall–Kier alpha value is -3.72. The van der Waals surface area contributed by atoms with Crippen molar-refractivity contribution in [2.75, 3.05) is 19.5 Å². The second kappa shape index (κ2) is 10.7. The number of aliphatic imine (C=N–C) groups is 1. The van der Waals surface area contributed by atoms with Crippen molar-refractivity contribution < 1.29 is 23.5 Å². The molecule has 0 bridgehead atoms. The second-order valence-corrected chi connectivity index (χ2v) is 9.27. The van der Waals surface area contributed by atoms with Crippen LogP contribution < -0.4 is 14.8 Å². The summed E-state index contributed by atoms with van der Waals surface area (Å²) in [6.07, 6.45) is 1.57. The van der Waals surface area contributed by atoms with Crippen LogP contribution in [0.25, 0.3) is 0 Å². The van der Waals surface area contributed by atoms with Gasteiger partial charge in [-0.25, -0.2) is 4.99 Å². The molecule has 9 heteroatoms. The van der Waals surface area contributed by atoms with Gasteiger partial charge in [0.15, 0.2) is 16.7 Å². The molecule has 1 aromatic heterocycles. The van der Waals surface area contributed by atoms with Gasteiger partial charge in [0.2, 0.25) is 11.8 Å². The summed E-state index contributed by atoms with van der Waals surface area (Å²) in [5.74, 6) is 1.24. The molecule has 2 heterocycles. The number of nitrogens with zero attached hydrogens (tertiary/aromatic N) is 2. The number of amidine groups is 1. The van der Waals surface area contributed by atoms with E-state index in [2.05, 4.69) is 5.32 Å². The number of carbonyl (C=O) groups is 2. The number of nitrogens with one attached hydrogen (secondary N) is 1. The van der Waals surface area contributed by atoms with Crippen LogP contribution in [-0.4, -0.2) is 41.4 Å². The van der Waals surface area contributed by atoms with E-state index in [0.29, 0.717) is 28.1 Å². The van der Waals surface area contributed by atoms with Gasteiger partial charge < -0.3 is 19.2 Å². The highest BCUT2D eigenvalue weighted by molar-refractivity contribution is 8.15. The predicted octanol–water partition coefficient (Wildman–Crippen LogP) is 5.07. The molecule has 35 heavy (non-hydrogen) atoms. The lowest BCUT2D eigenvalue weighted by Crippen LogP contribution is -2.33. The molecule has 182 valence electrons. The van der Waals surface area contributed by atoms with E-state index in [4.69, 9.17) is 18.9 Å². The van der Waals surface area contributed by atoms with Gasteiger partial charge in [-0.2, -0.15) is 0 Å². The number of amides is 2. The number of benzene rings is 2. The third-order valence-corrected chi connectivity index (χ3v) is 6.84. The van der Waals surface area contributed by atoms with Crippen molar-refractivity contribution in [3.05, 3.63) is 71.7 Å². The molecule has 1 atom stereocenters. The highest BCUT2D eigenvalue weighted by Gasteiger charge is 2.39. The Morgan fingerprint density at radius 3 is 2.57 bits per heavy atom. The van der Waals surface area contributed by atoms with Crippen molar-refractivity contribution in [3.63, 3.8) is 0 Å². The summed E-state index contributed by atoms with van der Waals surface area (Å²) in [6, 6.07) is 14.6. The average Bonchev–Trinajstić information content (AvgIpc) is 3.45. The Balaban J connectivity index is 1.52. The van der Waals surface area contributed by atoms with Crippen molar-refractivity contribution in [3.8, 4) is 11.5 Å². The molecule has 1 aliphatic rings. The van der Waals surface area contributed by atoms with Crippen molar-refractivity contribution in [2.24, 2.45) is 4.99 Å². The number of ether oxygens (including phenoxy) is 2. The minimum atomic E-state index is -0.601. The van der Waals surface area contributed by atoms with Crippen LogP contribution in [0.1, 0.15) is 23.3 Å².